The molecule has 3 rings (SSSR count). The Kier molecular flexibility index (Phi) is 6.03. The number of fused-ring (bicyclic) bond motifs is 1. The number of nitrogens with zero attached hydrogens (tertiary/aromatic N) is 2. The van der Waals surface area contributed by atoms with Crippen molar-refractivity contribution in [2.24, 2.45) is 0 Å². The van der Waals surface area contributed by atoms with Crippen LogP contribution in [0.15, 0.2) is 18.2 Å². The summed E-state index contributed by atoms with van der Waals surface area (Å²) in [4.78, 5) is 14.6. The minimum atomic E-state index is -3.20. The van der Waals surface area contributed by atoms with Gasteiger partial charge in [-0.1, -0.05) is 26.0 Å². The zero-order chi connectivity index (χ0) is 18.7. The normalized spacial score (nSPS) is 18.3. The summed E-state index contributed by atoms with van der Waals surface area (Å²) in [5.74, 6) is 0.591. The van der Waals surface area contributed by atoms with Gasteiger partial charge >= 0.3 is 0 Å². The fourth-order valence-corrected chi connectivity index (χ4v) is 5.45. The molecule has 0 radical (unpaired) electrons. The van der Waals surface area contributed by atoms with Crippen LogP contribution in [0.3, 0.4) is 0 Å². The molecule has 2 heterocycles. The Morgan fingerprint density at radius 3 is 2.54 bits per heavy atom. The molecule has 0 aliphatic carbocycles. The standard InChI is InChI=1S/C20H30N2O3S/c1-16(2)17-9-10-19-18(15-17)7-5-13-22(19)20(23)8-6-14-26(24,25)21-11-3-4-12-21/h9-10,15-16H,3-8,11-14H2,1-2H3. The zero-order valence-electron chi connectivity index (χ0n) is 15.9. The van der Waals surface area contributed by atoms with E-state index in [0.29, 0.717) is 31.8 Å². The van der Waals surface area contributed by atoms with E-state index in [2.05, 4.69) is 32.0 Å². The number of hydrogen-bond acceptors (Lipinski definition) is 3. The maximum atomic E-state index is 12.7. The number of carbonyl (C=O) groups is 1. The monoisotopic (exact) mass is 378 g/mol. The van der Waals surface area contributed by atoms with Gasteiger partial charge in [-0.05, 0) is 55.2 Å². The smallest absolute Gasteiger partial charge is 0.227 e. The Labute approximate surface area is 157 Å². The van der Waals surface area contributed by atoms with E-state index in [1.807, 2.05) is 4.90 Å². The lowest BCUT2D eigenvalue weighted by Gasteiger charge is -2.30. The first-order valence-electron chi connectivity index (χ1n) is 9.79. The second-order valence-electron chi connectivity index (χ2n) is 7.72. The Morgan fingerprint density at radius 1 is 1.12 bits per heavy atom. The quantitative estimate of drug-likeness (QED) is 0.763. The molecule has 2 aliphatic heterocycles. The Morgan fingerprint density at radius 2 is 1.85 bits per heavy atom. The third-order valence-corrected chi connectivity index (χ3v) is 7.40. The molecule has 1 saturated heterocycles. The van der Waals surface area contributed by atoms with E-state index in [4.69, 9.17) is 0 Å². The van der Waals surface area contributed by atoms with Crippen LogP contribution in [0.1, 0.15) is 63.0 Å². The number of benzene rings is 1. The van der Waals surface area contributed by atoms with Crippen LogP contribution in [0.2, 0.25) is 0 Å². The van der Waals surface area contributed by atoms with Crippen molar-refractivity contribution in [2.75, 3.05) is 30.3 Å². The van der Waals surface area contributed by atoms with Crippen molar-refractivity contribution < 1.29 is 13.2 Å². The molecular formula is C20H30N2O3S. The summed E-state index contributed by atoms with van der Waals surface area (Å²) < 4.78 is 26.2. The fourth-order valence-electron chi connectivity index (χ4n) is 3.87. The predicted molar refractivity (Wildman–Crippen MR) is 105 cm³/mol. The van der Waals surface area contributed by atoms with Crippen LogP contribution in [0.4, 0.5) is 5.69 Å². The van der Waals surface area contributed by atoms with Crippen LogP contribution in [0.5, 0.6) is 0 Å². The lowest BCUT2D eigenvalue weighted by molar-refractivity contribution is -0.118. The van der Waals surface area contributed by atoms with Crippen molar-refractivity contribution >= 4 is 21.6 Å². The number of hydrogen-bond donors (Lipinski definition) is 0. The van der Waals surface area contributed by atoms with Gasteiger partial charge in [-0.3, -0.25) is 4.79 Å². The number of anilines is 1. The van der Waals surface area contributed by atoms with E-state index in [0.717, 1.165) is 37.9 Å². The van der Waals surface area contributed by atoms with Crippen LogP contribution >= 0.6 is 0 Å². The SMILES string of the molecule is CC(C)c1ccc2c(c1)CCCN2C(=O)CCCS(=O)(=O)N1CCCC1. The molecular weight excluding hydrogens is 348 g/mol. The van der Waals surface area contributed by atoms with Crippen molar-refractivity contribution in [3.8, 4) is 0 Å². The van der Waals surface area contributed by atoms with Gasteiger partial charge in [-0.15, -0.1) is 0 Å². The molecule has 1 fully saturated rings. The predicted octanol–water partition coefficient (Wildman–Crippen LogP) is 3.30. The summed E-state index contributed by atoms with van der Waals surface area (Å²) in [6, 6.07) is 6.38. The average molecular weight is 379 g/mol. The van der Waals surface area contributed by atoms with E-state index >= 15 is 0 Å². The van der Waals surface area contributed by atoms with Gasteiger partial charge in [0.2, 0.25) is 15.9 Å². The third-order valence-electron chi connectivity index (χ3n) is 5.44. The largest absolute Gasteiger partial charge is 0.312 e. The number of aryl methyl sites for hydroxylation is 1. The lowest BCUT2D eigenvalue weighted by atomic mass is 9.94. The molecule has 0 unspecified atom stereocenters. The minimum absolute atomic E-state index is 0.0415. The first kappa shape index (κ1) is 19.4. The summed E-state index contributed by atoms with van der Waals surface area (Å²) in [6.45, 7) is 6.34. The minimum Gasteiger partial charge on any atom is -0.312 e. The maximum absolute atomic E-state index is 12.7. The Hall–Kier alpha value is -1.40. The van der Waals surface area contributed by atoms with Crippen molar-refractivity contribution in [1.29, 1.82) is 0 Å². The van der Waals surface area contributed by atoms with Gasteiger partial charge in [0, 0.05) is 31.7 Å². The lowest BCUT2D eigenvalue weighted by Crippen LogP contribution is -2.36. The third kappa shape index (κ3) is 4.29. The summed E-state index contributed by atoms with van der Waals surface area (Å²) in [7, 11) is -3.20. The van der Waals surface area contributed by atoms with Crippen molar-refractivity contribution in [1.82, 2.24) is 4.31 Å². The number of carbonyl (C=O) groups excluding carboxylic acids is 1. The molecule has 0 atom stereocenters. The molecule has 6 heteroatoms. The van der Waals surface area contributed by atoms with Crippen molar-refractivity contribution in [2.45, 2.75) is 58.3 Å². The highest BCUT2D eigenvalue weighted by atomic mass is 32.2. The van der Waals surface area contributed by atoms with Crippen LogP contribution in [-0.4, -0.2) is 44.0 Å². The first-order valence-corrected chi connectivity index (χ1v) is 11.4. The molecule has 1 aromatic carbocycles. The van der Waals surface area contributed by atoms with Gasteiger partial charge in [-0.25, -0.2) is 12.7 Å². The maximum Gasteiger partial charge on any atom is 0.227 e. The second-order valence-corrected chi connectivity index (χ2v) is 9.81. The number of amides is 1. The molecule has 26 heavy (non-hydrogen) atoms. The van der Waals surface area contributed by atoms with Crippen molar-refractivity contribution in [3.63, 3.8) is 0 Å². The molecule has 0 N–H and O–H groups in total. The van der Waals surface area contributed by atoms with E-state index in [1.54, 1.807) is 4.31 Å². The van der Waals surface area contributed by atoms with Gasteiger partial charge in [-0.2, -0.15) is 0 Å². The van der Waals surface area contributed by atoms with Gasteiger partial charge in [0.25, 0.3) is 0 Å². The summed E-state index contributed by atoms with van der Waals surface area (Å²) in [6.07, 6.45) is 4.55. The van der Waals surface area contributed by atoms with Gasteiger partial charge in [0.05, 0.1) is 5.75 Å². The van der Waals surface area contributed by atoms with Gasteiger partial charge in [0.15, 0.2) is 0 Å². The van der Waals surface area contributed by atoms with Crippen LogP contribution in [-0.2, 0) is 21.2 Å². The second kappa shape index (κ2) is 8.09. The molecule has 0 aromatic heterocycles. The molecule has 0 saturated carbocycles. The molecule has 5 nitrogen and oxygen atoms in total. The van der Waals surface area contributed by atoms with Crippen LogP contribution in [0.25, 0.3) is 0 Å². The Bertz CT molecular complexity index is 752. The molecule has 2 aliphatic rings. The summed E-state index contributed by atoms with van der Waals surface area (Å²) in [5.41, 5.74) is 3.54. The molecule has 0 bridgehead atoms. The summed E-state index contributed by atoms with van der Waals surface area (Å²) >= 11 is 0. The van der Waals surface area contributed by atoms with E-state index < -0.39 is 10.0 Å². The first-order chi connectivity index (χ1) is 12.4. The van der Waals surface area contributed by atoms with E-state index in [1.165, 1.54) is 11.1 Å². The Balaban J connectivity index is 1.61. The van der Waals surface area contributed by atoms with E-state index in [9.17, 15) is 13.2 Å². The van der Waals surface area contributed by atoms with Gasteiger partial charge < -0.3 is 4.90 Å². The van der Waals surface area contributed by atoms with Crippen LogP contribution < -0.4 is 4.90 Å². The van der Waals surface area contributed by atoms with Gasteiger partial charge in [0.1, 0.15) is 0 Å². The highest BCUT2D eigenvalue weighted by Crippen LogP contribution is 2.31. The fraction of sp³-hybridized carbons (Fsp3) is 0.650. The molecule has 1 amide bonds. The molecule has 1 aromatic rings. The highest BCUT2D eigenvalue weighted by molar-refractivity contribution is 7.89. The average Bonchev–Trinajstić information content (AvgIpc) is 3.16. The van der Waals surface area contributed by atoms with Crippen LogP contribution in [0, 0.1) is 0 Å². The van der Waals surface area contributed by atoms with Crippen molar-refractivity contribution in [3.05, 3.63) is 29.3 Å². The number of sulfonamides is 1. The topological polar surface area (TPSA) is 57.7 Å². The summed E-state index contributed by atoms with van der Waals surface area (Å²) in [5, 5.41) is 0. The highest BCUT2D eigenvalue weighted by Gasteiger charge is 2.26. The van der Waals surface area contributed by atoms with E-state index in [-0.39, 0.29) is 11.7 Å². The zero-order valence-corrected chi connectivity index (χ0v) is 16.7. The molecule has 144 valence electrons. The molecule has 0 spiro atoms. The number of rotatable bonds is 6.